The number of esters is 1. The topological polar surface area (TPSA) is 59.4 Å². The highest BCUT2D eigenvalue weighted by atomic mass is 16.5. The van der Waals surface area contributed by atoms with Crippen molar-refractivity contribution in [2.24, 2.45) is 0 Å². The number of aliphatic hydroxyl groups excluding tert-OH is 1. The first-order chi connectivity index (χ1) is 6.63. The van der Waals surface area contributed by atoms with Crippen LogP contribution in [0.4, 0.5) is 0 Å². The lowest BCUT2D eigenvalue weighted by Crippen LogP contribution is -2.09. The minimum atomic E-state index is -0.886. The number of hydrogen-bond acceptors (Lipinski definition) is 4. The quantitative estimate of drug-likeness (QED) is 0.730. The summed E-state index contributed by atoms with van der Waals surface area (Å²) in [4.78, 5) is 14.9. The summed E-state index contributed by atoms with van der Waals surface area (Å²) in [6.45, 7) is 1.91. The number of aryl methyl sites for hydroxylation is 1. The van der Waals surface area contributed by atoms with Crippen LogP contribution in [0.3, 0.4) is 0 Å². The van der Waals surface area contributed by atoms with E-state index in [-0.39, 0.29) is 6.42 Å². The van der Waals surface area contributed by atoms with Crippen molar-refractivity contribution in [3.05, 3.63) is 29.6 Å². The number of rotatable bonds is 3. The standard InChI is InChI=1S/C10H13NO3/c1-7-3-4-8(11-6-7)9(12)5-10(13)14-2/h3-4,6,9,12H,5H2,1-2H3/t9-/m1/s1. The highest BCUT2D eigenvalue weighted by molar-refractivity contribution is 5.69. The molecule has 1 heterocycles. The summed E-state index contributed by atoms with van der Waals surface area (Å²) in [5, 5.41) is 9.55. The van der Waals surface area contributed by atoms with Gasteiger partial charge in [-0.05, 0) is 18.6 Å². The Kier molecular flexibility index (Phi) is 3.59. The van der Waals surface area contributed by atoms with Crippen molar-refractivity contribution in [1.29, 1.82) is 0 Å². The molecule has 76 valence electrons. The first kappa shape index (κ1) is 10.7. The van der Waals surface area contributed by atoms with Crippen LogP contribution in [-0.4, -0.2) is 23.2 Å². The molecule has 0 aliphatic heterocycles. The Labute approximate surface area is 82.5 Å². The van der Waals surface area contributed by atoms with Crippen molar-refractivity contribution < 1.29 is 14.6 Å². The van der Waals surface area contributed by atoms with Crippen LogP contribution in [0, 0.1) is 6.92 Å². The molecule has 0 spiro atoms. The van der Waals surface area contributed by atoms with Crippen LogP contribution in [0.25, 0.3) is 0 Å². The molecular weight excluding hydrogens is 182 g/mol. The molecule has 14 heavy (non-hydrogen) atoms. The summed E-state index contributed by atoms with van der Waals surface area (Å²) in [7, 11) is 1.29. The second kappa shape index (κ2) is 4.72. The molecule has 1 aromatic rings. The molecule has 4 heteroatoms. The molecule has 0 unspecified atom stereocenters. The molecule has 1 aromatic heterocycles. The van der Waals surface area contributed by atoms with E-state index in [4.69, 9.17) is 0 Å². The number of pyridine rings is 1. The fourth-order valence-corrected chi connectivity index (χ4v) is 1.02. The van der Waals surface area contributed by atoms with E-state index in [2.05, 4.69) is 9.72 Å². The average molecular weight is 195 g/mol. The predicted octanol–water partition coefficient (Wildman–Crippen LogP) is 0.987. The van der Waals surface area contributed by atoms with Crippen molar-refractivity contribution >= 4 is 5.97 Å². The number of carbonyl (C=O) groups excluding carboxylic acids is 1. The molecule has 1 N–H and O–H groups in total. The molecule has 0 amide bonds. The van der Waals surface area contributed by atoms with Gasteiger partial charge in [-0.2, -0.15) is 0 Å². The smallest absolute Gasteiger partial charge is 0.308 e. The maximum Gasteiger partial charge on any atom is 0.308 e. The lowest BCUT2D eigenvalue weighted by Gasteiger charge is -2.08. The Balaban J connectivity index is 2.65. The van der Waals surface area contributed by atoms with E-state index in [0.717, 1.165) is 5.56 Å². The molecule has 4 nitrogen and oxygen atoms in total. The molecule has 0 aromatic carbocycles. The number of ether oxygens (including phenoxy) is 1. The Hall–Kier alpha value is -1.42. The van der Waals surface area contributed by atoms with Crippen molar-refractivity contribution in [3.63, 3.8) is 0 Å². The second-order valence-corrected chi connectivity index (χ2v) is 3.06. The van der Waals surface area contributed by atoms with E-state index in [1.54, 1.807) is 12.3 Å². The van der Waals surface area contributed by atoms with Gasteiger partial charge in [0.15, 0.2) is 0 Å². The molecule has 0 fully saturated rings. The van der Waals surface area contributed by atoms with Gasteiger partial charge in [-0.25, -0.2) is 0 Å². The molecular formula is C10H13NO3. The normalized spacial score (nSPS) is 12.2. The summed E-state index contributed by atoms with van der Waals surface area (Å²) in [6, 6.07) is 3.53. The highest BCUT2D eigenvalue weighted by Crippen LogP contribution is 2.14. The molecule has 0 saturated heterocycles. The zero-order valence-electron chi connectivity index (χ0n) is 8.23. The zero-order chi connectivity index (χ0) is 10.6. The molecule has 1 rings (SSSR count). The predicted molar refractivity (Wildman–Crippen MR) is 50.6 cm³/mol. The van der Waals surface area contributed by atoms with Gasteiger partial charge in [0.25, 0.3) is 0 Å². The number of carbonyl (C=O) groups is 1. The Morgan fingerprint density at radius 1 is 1.64 bits per heavy atom. The van der Waals surface area contributed by atoms with Crippen LogP contribution in [0.1, 0.15) is 23.8 Å². The highest BCUT2D eigenvalue weighted by Gasteiger charge is 2.13. The Morgan fingerprint density at radius 3 is 2.86 bits per heavy atom. The van der Waals surface area contributed by atoms with Crippen LogP contribution < -0.4 is 0 Å². The SMILES string of the molecule is COC(=O)C[C@@H](O)c1ccc(C)cn1. The third-order valence-corrected chi connectivity index (χ3v) is 1.86. The number of methoxy groups -OCH3 is 1. The fourth-order valence-electron chi connectivity index (χ4n) is 1.02. The van der Waals surface area contributed by atoms with Gasteiger partial charge in [0.1, 0.15) is 6.10 Å². The van der Waals surface area contributed by atoms with E-state index >= 15 is 0 Å². The second-order valence-electron chi connectivity index (χ2n) is 3.06. The van der Waals surface area contributed by atoms with Crippen LogP contribution >= 0.6 is 0 Å². The summed E-state index contributed by atoms with van der Waals surface area (Å²) in [6.07, 6.45) is 0.700. The van der Waals surface area contributed by atoms with E-state index in [1.165, 1.54) is 7.11 Å². The summed E-state index contributed by atoms with van der Waals surface area (Å²) < 4.78 is 4.44. The van der Waals surface area contributed by atoms with Crippen LogP contribution in [0.5, 0.6) is 0 Å². The number of hydrogen-bond donors (Lipinski definition) is 1. The van der Waals surface area contributed by atoms with Gasteiger partial charge >= 0.3 is 5.97 Å². The van der Waals surface area contributed by atoms with Gasteiger partial charge in [-0.15, -0.1) is 0 Å². The molecule has 0 bridgehead atoms. The Morgan fingerprint density at radius 2 is 2.36 bits per heavy atom. The summed E-state index contributed by atoms with van der Waals surface area (Å²) >= 11 is 0. The van der Waals surface area contributed by atoms with Crippen LogP contribution in [0.2, 0.25) is 0 Å². The molecule has 0 aliphatic rings. The third-order valence-electron chi connectivity index (χ3n) is 1.86. The van der Waals surface area contributed by atoms with Crippen LogP contribution in [-0.2, 0) is 9.53 Å². The van der Waals surface area contributed by atoms with Crippen LogP contribution in [0.15, 0.2) is 18.3 Å². The van der Waals surface area contributed by atoms with Gasteiger partial charge in [0.2, 0.25) is 0 Å². The maximum absolute atomic E-state index is 10.9. The van der Waals surface area contributed by atoms with Crippen molar-refractivity contribution in [1.82, 2.24) is 4.98 Å². The molecule has 0 saturated carbocycles. The molecule has 1 atom stereocenters. The average Bonchev–Trinajstić information content (AvgIpc) is 2.18. The van der Waals surface area contributed by atoms with Crippen molar-refractivity contribution in [2.45, 2.75) is 19.4 Å². The van der Waals surface area contributed by atoms with Gasteiger partial charge in [-0.1, -0.05) is 6.07 Å². The van der Waals surface area contributed by atoms with Gasteiger partial charge in [0.05, 0.1) is 19.2 Å². The number of aliphatic hydroxyl groups is 1. The van der Waals surface area contributed by atoms with Gasteiger partial charge in [0, 0.05) is 6.20 Å². The minimum Gasteiger partial charge on any atom is -0.469 e. The summed E-state index contributed by atoms with van der Waals surface area (Å²) in [5.41, 5.74) is 1.50. The number of nitrogens with zero attached hydrogens (tertiary/aromatic N) is 1. The maximum atomic E-state index is 10.9. The van der Waals surface area contributed by atoms with E-state index < -0.39 is 12.1 Å². The summed E-state index contributed by atoms with van der Waals surface area (Å²) in [5.74, 6) is -0.445. The fraction of sp³-hybridized carbons (Fsp3) is 0.400. The zero-order valence-corrected chi connectivity index (χ0v) is 8.23. The monoisotopic (exact) mass is 195 g/mol. The van der Waals surface area contributed by atoms with E-state index in [0.29, 0.717) is 5.69 Å². The lowest BCUT2D eigenvalue weighted by molar-refractivity contribution is -0.142. The minimum absolute atomic E-state index is 0.0629. The first-order valence-corrected chi connectivity index (χ1v) is 4.31. The largest absolute Gasteiger partial charge is 0.469 e. The Bertz CT molecular complexity index is 308. The van der Waals surface area contributed by atoms with E-state index in [9.17, 15) is 9.90 Å². The van der Waals surface area contributed by atoms with Gasteiger partial charge in [-0.3, -0.25) is 9.78 Å². The lowest BCUT2D eigenvalue weighted by atomic mass is 10.1. The first-order valence-electron chi connectivity index (χ1n) is 4.31. The van der Waals surface area contributed by atoms with Crippen molar-refractivity contribution in [2.75, 3.05) is 7.11 Å². The van der Waals surface area contributed by atoms with Crippen molar-refractivity contribution in [3.8, 4) is 0 Å². The molecule has 0 radical (unpaired) electrons. The third kappa shape index (κ3) is 2.81. The number of aromatic nitrogens is 1. The van der Waals surface area contributed by atoms with Gasteiger partial charge < -0.3 is 9.84 Å². The van der Waals surface area contributed by atoms with E-state index in [1.807, 2.05) is 13.0 Å². The molecule has 0 aliphatic carbocycles.